The number of carbonyl (C=O) groups excluding carboxylic acids is 3. The zero-order chi connectivity index (χ0) is 13.7. The maximum atomic E-state index is 11.4. The van der Waals surface area contributed by atoms with Crippen LogP contribution in [0.4, 0.5) is 10.5 Å². The monoisotopic (exact) mass is 269 g/mol. The van der Waals surface area contributed by atoms with Gasteiger partial charge in [0.25, 0.3) is 0 Å². The number of alkyl halides is 1. The van der Waals surface area contributed by atoms with Crippen LogP contribution in [0.15, 0.2) is 24.3 Å². The van der Waals surface area contributed by atoms with Gasteiger partial charge in [-0.25, -0.2) is 4.79 Å². The average Bonchev–Trinajstić information content (AvgIpc) is 2.28. The normalized spacial score (nSPS) is 11.4. The molecule has 7 heteroatoms. The summed E-state index contributed by atoms with van der Waals surface area (Å²) in [5.41, 5.74) is 5.70. The highest BCUT2D eigenvalue weighted by atomic mass is 35.5. The smallest absolute Gasteiger partial charge is 0.325 e. The summed E-state index contributed by atoms with van der Waals surface area (Å²) in [6.45, 7) is 1.44. The predicted molar refractivity (Wildman–Crippen MR) is 67.4 cm³/mol. The van der Waals surface area contributed by atoms with E-state index in [-0.39, 0.29) is 5.56 Å². The summed E-state index contributed by atoms with van der Waals surface area (Å²) in [5.74, 6) is -1.22. The van der Waals surface area contributed by atoms with Crippen molar-refractivity contribution in [3.63, 3.8) is 0 Å². The molecule has 0 aliphatic heterocycles. The van der Waals surface area contributed by atoms with Crippen molar-refractivity contribution in [2.24, 2.45) is 5.73 Å². The molecule has 0 radical (unpaired) electrons. The number of anilines is 1. The topological polar surface area (TPSA) is 101 Å². The number of amides is 4. The van der Waals surface area contributed by atoms with E-state index in [1.54, 1.807) is 12.1 Å². The maximum absolute atomic E-state index is 11.4. The zero-order valence-corrected chi connectivity index (χ0v) is 10.3. The van der Waals surface area contributed by atoms with E-state index in [1.807, 2.05) is 5.32 Å². The molecule has 1 rings (SSSR count). The molecule has 4 amide bonds. The number of hydrogen-bond donors (Lipinski definition) is 3. The molecule has 0 saturated heterocycles. The summed E-state index contributed by atoms with van der Waals surface area (Å²) in [4.78, 5) is 33.5. The number of halogens is 1. The Labute approximate surface area is 108 Å². The van der Waals surface area contributed by atoms with Crippen LogP contribution in [0.25, 0.3) is 0 Å². The van der Waals surface area contributed by atoms with Gasteiger partial charge >= 0.3 is 6.03 Å². The zero-order valence-electron chi connectivity index (χ0n) is 9.57. The Hall–Kier alpha value is -2.08. The number of primary amides is 1. The van der Waals surface area contributed by atoms with Crippen molar-refractivity contribution >= 4 is 35.1 Å². The van der Waals surface area contributed by atoms with Crippen LogP contribution in [0.5, 0.6) is 0 Å². The Kier molecular flexibility index (Phi) is 4.67. The van der Waals surface area contributed by atoms with Gasteiger partial charge in [0.1, 0.15) is 5.38 Å². The Morgan fingerprint density at radius 2 is 2.00 bits per heavy atom. The van der Waals surface area contributed by atoms with Gasteiger partial charge in [0.05, 0.1) is 0 Å². The van der Waals surface area contributed by atoms with Gasteiger partial charge in [-0.3, -0.25) is 14.9 Å². The molecule has 96 valence electrons. The molecule has 0 saturated carbocycles. The number of rotatable bonds is 3. The van der Waals surface area contributed by atoms with Gasteiger partial charge in [-0.2, -0.15) is 0 Å². The van der Waals surface area contributed by atoms with E-state index in [9.17, 15) is 14.4 Å². The van der Waals surface area contributed by atoms with Crippen LogP contribution in [-0.4, -0.2) is 23.2 Å². The molecule has 6 nitrogen and oxygen atoms in total. The molecule has 1 aromatic carbocycles. The first-order chi connectivity index (χ1) is 8.40. The number of hydrogen-bond acceptors (Lipinski definition) is 3. The Bertz CT molecular complexity index is 488. The molecule has 1 atom stereocenters. The van der Waals surface area contributed by atoms with Gasteiger partial charge in [-0.15, -0.1) is 11.6 Å². The Morgan fingerprint density at radius 1 is 1.33 bits per heavy atom. The van der Waals surface area contributed by atoms with Crippen LogP contribution in [0.2, 0.25) is 0 Å². The predicted octanol–water partition coefficient (Wildman–Crippen LogP) is 1.06. The van der Waals surface area contributed by atoms with Gasteiger partial charge in [0, 0.05) is 11.3 Å². The molecule has 1 unspecified atom stereocenters. The minimum absolute atomic E-state index is 0.254. The lowest BCUT2D eigenvalue weighted by atomic mass is 10.2. The first-order valence-corrected chi connectivity index (χ1v) is 5.49. The van der Waals surface area contributed by atoms with E-state index < -0.39 is 23.2 Å². The van der Waals surface area contributed by atoms with Gasteiger partial charge in [-0.05, 0) is 25.1 Å². The fourth-order valence-electron chi connectivity index (χ4n) is 1.12. The summed E-state index contributed by atoms with van der Waals surface area (Å²) >= 11 is 5.49. The summed E-state index contributed by atoms with van der Waals surface area (Å²) in [5, 5.41) is 3.61. The summed E-state index contributed by atoms with van der Waals surface area (Å²) in [6.07, 6.45) is 0. The molecule has 0 heterocycles. The molecular formula is C11H12ClN3O3. The third-order valence-electron chi connectivity index (χ3n) is 2.00. The highest BCUT2D eigenvalue weighted by Gasteiger charge is 2.13. The van der Waals surface area contributed by atoms with Crippen molar-refractivity contribution in [1.82, 2.24) is 5.32 Å². The largest absolute Gasteiger partial charge is 0.366 e. The minimum Gasteiger partial charge on any atom is -0.366 e. The lowest BCUT2D eigenvalue weighted by Crippen LogP contribution is -2.38. The van der Waals surface area contributed by atoms with Crippen LogP contribution >= 0.6 is 11.6 Å². The highest BCUT2D eigenvalue weighted by Crippen LogP contribution is 2.09. The van der Waals surface area contributed by atoms with Gasteiger partial charge in [-0.1, -0.05) is 6.07 Å². The standard InChI is InChI=1S/C11H12ClN3O3/c1-6(12)10(17)15-11(18)14-8-4-2-3-7(5-8)9(13)16/h2-6H,1H3,(H2,13,16)(H2,14,15,17,18). The van der Waals surface area contributed by atoms with Gasteiger partial charge in [0.2, 0.25) is 11.8 Å². The average molecular weight is 270 g/mol. The SMILES string of the molecule is CC(Cl)C(=O)NC(=O)Nc1cccc(C(N)=O)c1. The molecule has 4 N–H and O–H groups in total. The van der Waals surface area contributed by atoms with E-state index >= 15 is 0 Å². The van der Waals surface area contributed by atoms with Crippen molar-refractivity contribution in [2.45, 2.75) is 12.3 Å². The number of carbonyl (C=O) groups is 3. The van der Waals surface area contributed by atoms with Crippen molar-refractivity contribution in [2.75, 3.05) is 5.32 Å². The van der Waals surface area contributed by atoms with Crippen molar-refractivity contribution in [3.8, 4) is 0 Å². The molecule has 18 heavy (non-hydrogen) atoms. The number of imide groups is 1. The van der Waals surface area contributed by atoms with Gasteiger partial charge < -0.3 is 11.1 Å². The number of nitrogens with one attached hydrogen (secondary N) is 2. The Morgan fingerprint density at radius 3 is 2.56 bits per heavy atom. The third-order valence-corrected chi connectivity index (χ3v) is 2.20. The third kappa shape index (κ3) is 4.06. The second kappa shape index (κ2) is 6.02. The van der Waals surface area contributed by atoms with E-state index in [1.165, 1.54) is 19.1 Å². The fraction of sp³-hybridized carbons (Fsp3) is 0.182. The van der Waals surface area contributed by atoms with Crippen LogP contribution in [0, 0.1) is 0 Å². The molecule has 0 aromatic heterocycles. The second-order valence-electron chi connectivity index (χ2n) is 3.50. The Balaban J connectivity index is 2.67. The van der Waals surface area contributed by atoms with Crippen molar-refractivity contribution < 1.29 is 14.4 Å². The fourth-order valence-corrected chi connectivity index (χ4v) is 1.18. The first-order valence-electron chi connectivity index (χ1n) is 5.06. The number of benzene rings is 1. The molecule has 0 aliphatic rings. The van der Waals surface area contributed by atoms with Crippen molar-refractivity contribution in [3.05, 3.63) is 29.8 Å². The van der Waals surface area contributed by atoms with E-state index in [0.29, 0.717) is 5.69 Å². The summed E-state index contributed by atoms with van der Waals surface area (Å²) in [7, 11) is 0. The molecule has 1 aromatic rings. The molecule has 0 spiro atoms. The lowest BCUT2D eigenvalue weighted by Gasteiger charge is -2.08. The summed E-state index contributed by atoms with van der Waals surface area (Å²) in [6, 6.07) is 5.30. The molecular weight excluding hydrogens is 258 g/mol. The number of urea groups is 1. The highest BCUT2D eigenvalue weighted by molar-refractivity contribution is 6.31. The molecule has 0 fully saturated rings. The van der Waals surface area contributed by atoms with E-state index in [4.69, 9.17) is 17.3 Å². The van der Waals surface area contributed by atoms with E-state index in [2.05, 4.69) is 5.32 Å². The second-order valence-corrected chi connectivity index (χ2v) is 4.16. The van der Waals surface area contributed by atoms with Crippen LogP contribution in [0.3, 0.4) is 0 Å². The lowest BCUT2D eigenvalue weighted by molar-refractivity contribution is -0.119. The van der Waals surface area contributed by atoms with Crippen molar-refractivity contribution in [1.29, 1.82) is 0 Å². The maximum Gasteiger partial charge on any atom is 0.325 e. The summed E-state index contributed by atoms with van der Waals surface area (Å²) < 4.78 is 0. The van der Waals surface area contributed by atoms with E-state index in [0.717, 1.165) is 0 Å². The van der Waals surface area contributed by atoms with Gasteiger partial charge in [0.15, 0.2) is 0 Å². The van der Waals surface area contributed by atoms with Crippen LogP contribution in [0.1, 0.15) is 17.3 Å². The number of nitrogens with two attached hydrogens (primary N) is 1. The minimum atomic E-state index is -0.812. The quantitative estimate of drug-likeness (QED) is 0.715. The van der Waals surface area contributed by atoms with Crippen LogP contribution < -0.4 is 16.4 Å². The first kappa shape index (κ1) is 14.0. The molecule has 0 aliphatic carbocycles. The van der Waals surface area contributed by atoms with Crippen LogP contribution in [-0.2, 0) is 4.79 Å². The molecule has 0 bridgehead atoms.